The highest BCUT2D eigenvalue weighted by atomic mass is 32.2. The van der Waals surface area contributed by atoms with Crippen LogP contribution in [0.2, 0.25) is 0 Å². The van der Waals surface area contributed by atoms with Gasteiger partial charge in [0.05, 0.1) is 19.0 Å². The van der Waals surface area contributed by atoms with Crippen molar-refractivity contribution in [1.29, 1.82) is 0 Å². The minimum atomic E-state index is -3.27. The number of aromatic amines is 1. The number of H-pyrrole nitrogens is 1. The summed E-state index contributed by atoms with van der Waals surface area (Å²) in [6.07, 6.45) is 8.09. The molecule has 2 aromatic heterocycles. The molecule has 1 N–H and O–H groups in total. The van der Waals surface area contributed by atoms with E-state index in [0.29, 0.717) is 16.6 Å². The van der Waals surface area contributed by atoms with Crippen LogP contribution in [0, 0.1) is 0 Å². The number of ether oxygens (including phenoxy) is 1. The average Bonchev–Trinajstić information content (AvgIpc) is 3.06. The van der Waals surface area contributed by atoms with Gasteiger partial charge in [-0.2, -0.15) is 5.10 Å². The van der Waals surface area contributed by atoms with E-state index in [1.807, 2.05) is 0 Å². The number of likely N-dealkylation sites (tertiary alicyclic amines) is 1. The first-order valence-corrected chi connectivity index (χ1v) is 9.67. The Morgan fingerprint density at radius 1 is 1.33 bits per heavy atom. The molecule has 0 radical (unpaired) electrons. The summed E-state index contributed by atoms with van der Waals surface area (Å²) in [5.41, 5.74) is 1.72. The van der Waals surface area contributed by atoms with Crippen LogP contribution in [0.25, 0.3) is 0 Å². The highest BCUT2D eigenvalue weighted by molar-refractivity contribution is 7.90. The molecule has 9 heteroatoms. The zero-order valence-electron chi connectivity index (χ0n) is 13.8. The van der Waals surface area contributed by atoms with Gasteiger partial charge in [-0.25, -0.2) is 18.4 Å². The lowest BCUT2D eigenvalue weighted by molar-refractivity contribution is 0.197. The van der Waals surface area contributed by atoms with Gasteiger partial charge in [0.25, 0.3) is 0 Å². The maximum atomic E-state index is 11.9. The molecule has 130 valence electrons. The molecule has 8 nitrogen and oxygen atoms in total. The van der Waals surface area contributed by atoms with Gasteiger partial charge in [0.15, 0.2) is 9.84 Å². The molecule has 0 amide bonds. The molecule has 0 aliphatic carbocycles. The lowest BCUT2D eigenvalue weighted by Gasteiger charge is -2.32. The van der Waals surface area contributed by atoms with Crippen LogP contribution in [-0.4, -0.2) is 59.9 Å². The zero-order valence-corrected chi connectivity index (χ0v) is 14.6. The van der Waals surface area contributed by atoms with Crippen molar-refractivity contribution in [2.75, 3.05) is 26.5 Å². The van der Waals surface area contributed by atoms with Crippen molar-refractivity contribution in [3.63, 3.8) is 0 Å². The Kier molecular flexibility index (Phi) is 4.81. The molecule has 0 bridgehead atoms. The van der Waals surface area contributed by atoms with E-state index in [0.717, 1.165) is 38.0 Å². The standard InChI is InChI=1S/C15H21N5O3S/c1-23-15-16-6-11(7-17-15)9-20-5-3-4-12(10-20)14-13(8-18-19-14)24(2,21)22/h6-8,12H,3-5,9-10H2,1-2H3,(H,18,19)/t12-/m0/s1. The maximum Gasteiger partial charge on any atom is 0.316 e. The molecular weight excluding hydrogens is 330 g/mol. The number of hydrogen-bond acceptors (Lipinski definition) is 7. The smallest absolute Gasteiger partial charge is 0.316 e. The van der Waals surface area contributed by atoms with E-state index in [2.05, 4.69) is 25.1 Å². The van der Waals surface area contributed by atoms with Gasteiger partial charge in [-0.1, -0.05) is 0 Å². The fourth-order valence-electron chi connectivity index (χ4n) is 3.10. The van der Waals surface area contributed by atoms with E-state index < -0.39 is 9.84 Å². The molecule has 1 fully saturated rings. The molecular formula is C15H21N5O3S. The Balaban J connectivity index is 1.71. The number of hydrogen-bond donors (Lipinski definition) is 1. The molecule has 0 saturated carbocycles. The Morgan fingerprint density at radius 2 is 2.08 bits per heavy atom. The molecule has 0 aromatic carbocycles. The quantitative estimate of drug-likeness (QED) is 0.857. The number of aromatic nitrogens is 4. The third kappa shape index (κ3) is 3.73. The van der Waals surface area contributed by atoms with Crippen molar-refractivity contribution in [2.45, 2.75) is 30.2 Å². The highest BCUT2D eigenvalue weighted by Crippen LogP contribution is 2.30. The number of sulfone groups is 1. The first-order chi connectivity index (χ1) is 11.5. The monoisotopic (exact) mass is 351 g/mol. The Bertz CT molecular complexity index is 788. The third-order valence-electron chi connectivity index (χ3n) is 4.22. The first-order valence-electron chi connectivity index (χ1n) is 7.78. The second-order valence-electron chi connectivity index (χ2n) is 6.07. The molecule has 1 aliphatic rings. The molecule has 3 heterocycles. The number of methoxy groups -OCH3 is 1. The van der Waals surface area contributed by atoms with Gasteiger partial charge in [0, 0.05) is 43.2 Å². The Morgan fingerprint density at radius 3 is 2.75 bits per heavy atom. The van der Waals surface area contributed by atoms with Crippen LogP contribution in [0.5, 0.6) is 6.01 Å². The summed E-state index contributed by atoms with van der Waals surface area (Å²) >= 11 is 0. The molecule has 1 atom stereocenters. The Hall–Kier alpha value is -2.00. The largest absolute Gasteiger partial charge is 0.467 e. The van der Waals surface area contributed by atoms with Crippen molar-refractivity contribution >= 4 is 9.84 Å². The fourth-order valence-corrected chi connectivity index (χ4v) is 3.95. The van der Waals surface area contributed by atoms with Gasteiger partial charge >= 0.3 is 6.01 Å². The van der Waals surface area contributed by atoms with E-state index in [1.165, 1.54) is 19.6 Å². The zero-order chi connectivity index (χ0) is 17.2. The van der Waals surface area contributed by atoms with Crippen LogP contribution in [0.4, 0.5) is 0 Å². The van der Waals surface area contributed by atoms with Crippen molar-refractivity contribution in [2.24, 2.45) is 0 Å². The molecule has 1 saturated heterocycles. The molecule has 2 aromatic rings. The summed E-state index contributed by atoms with van der Waals surface area (Å²) in [5, 5.41) is 6.82. The molecule has 24 heavy (non-hydrogen) atoms. The second kappa shape index (κ2) is 6.86. The van der Waals surface area contributed by atoms with Crippen LogP contribution >= 0.6 is 0 Å². The van der Waals surface area contributed by atoms with Crippen LogP contribution < -0.4 is 4.74 Å². The third-order valence-corrected chi connectivity index (χ3v) is 5.34. The van der Waals surface area contributed by atoms with Crippen LogP contribution in [0.3, 0.4) is 0 Å². The minimum Gasteiger partial charge on any atom is -0.467 e. The van der Waals surface area contributed by atoms with Crippen molar-refractivity contribution in [3.05, 3.63) is 29.8 Å². The predicted molar refractivity (Wildman–Crippen MR) is 87.5 cm³/mol. The van der Waals surface area contributed by atoms with Crippen LogP contribution in [0.15, 0.2) is 23.5 Å². The Labute approximate surface area is 141 Å². The van der Waals surface area contributed by atoms with Crippen LogP contribution in [0.1, 0.15) is 30.0 Å². The summed E-state index contributed by atoms with van der Waals surface area (Å²) < 4.78 is 28.7. The molecule has 1 aliphatic heterocycles. The van der Waals surface area contributed by atoms with E-state index in [9.17, 15) is 8.42 Å². The first kappa shape index (κ1) is 16.8. The van der Waals surface area contributed by atoms with Gasteiger partial charge < -0.3 is 4.74 Å². The predicted octanol–water partition coefficient (Wildman–Crippen LogP) is 0.991. The van der Waals surface area contributed by atoms with Crippen molar-refractivity contribution < 1.29 is 13.2 Å². The van der Waals surface area contributed by atoms with Crippen molar-refractivity contribution in [1.82, 2.24) is 25.1 Å². The van der Waals surface area contributed by atoms with E-state index in [1.54, 1.807) is 12.4 Å². The van der Waals surface area contributed by atoms with E-state index in [-0.39, 0.29) is 5.92 Å². The van der Waals surface area contributed by atoms with Gasteiger partial charge in [-0.15, -0.1) is 0 Å². The topological polar surface area (TPSA) is 101 Å². The summed E-state index contributed by atoms with van der Waals surface area (Å²) in [6.45, 7) is 2.46. The molecule has 3 rings (SSSR count). The van der Waals surface area contributed by atoms with Gasteiger partial charge in [-0.05, 0) is 19.4 Å². The minimum absolute atomic E-state index is 0.130. The number of piperidine rings is 1. The average molecular weight is 351 g/mol. The lowest BCUT2D eigenvalue weighted by Crippen LogP contribution is -2.34. The maximum absolute atomic E-state index is 11.9. The summed E-state index contributed by atoms with van der Waals surface area (Å²) in [4.78, 5) is 10.8. The summed E-state index contributed by atoms with van der Waals surface area (Å²) in [6, 6.07) is 0.352. The lowest BCUT2D eigenvalue weighted by atomic mass is 9.94. The number of nitrogens with one attached hydrogen (secondary N) is 1. The number of nitrogens with zero attached hydrogens (tertiary/aromatic N) is 4. The van der Waals surface area contributed by atoms with E-state index >= 15 is 0 Å². The van der Waals surface area contributed by atoms with Gasteiger partial charge in [0.1, 0.15) is 4.90 Å². The summed E-state index contributed by atoms with van der Waals surface area (Å²) in [5.74, 6) is 0.130. The SMILES string of the molecule is COc1ncc(CN2CCC[C@H](c3[nH]ncc3S(C)(=O)=O)C2)cn1. The highest BCUT2D eigenvalue weighted by Gasteiger charge is 2.27. The molecule has 0 unspecified atom stereocenters. The second-order valence-corrected chi connectivity index (χ2v) is 8.06. The van der Waals surface area contributed by atoms with Gasteiger partial charge in [-0.3, -0.25) is 10.00 Å². The number of rotatable bonds is 5. The van der Waals surface area contributed by atoms with Crippen LogP contribution in [-0.2, 0) is 16.4 Å². The summed E-state index contributed by atoms with van der Waals surface area (Å²) in [7, 11) is -1.73. The van der Waals surface area contributed by atoms with E-state index in [4.69, 9.17) is 4.74 Å². The van der Waals surface area contributed by atoms with Gasteiger partial charge in [0.2, 0.25) is 0 Å². The van der Waals surface area contributed by atoms with Crippen molar-refractivity contribution in [3.8, 4) is 6.01 Å². The normalized spacial score (nSPS) is 19.3. The fraction of sp³-hybridized carbons (Fsp3) is 0.533. The molecule has 0 spiro atoms.